The summed E-state index contributed by atoms with van der Waals surface area (Å²) in [6, 6.07) is 0. The molecule has 0 saturated carbocycles. The van der Waals surface area contributed by atoms with E-state index in [1.807, 2.05) is 6.92 Å². The van der Waals surface area contributed by atoms with Crippen LogP contribution in [0.5, 0.6) is 0 Å². The Labute approximate surface area is 129 Å². The summed E-state index contributed by atoms with van der Waals surface area (Å²) in [6.07, 6.45) is -10.8. The molecule has 0 bridgehead atoms. The van der Waals surface area contributed by atoms with Crippen LogP contribution in [0.1, 0.15) is 64.7 Å². The molecule has 0 N–H and O–H groups in total. The SMILES string of the molecule is CCCCCCCCCCC(F)(C(F)(F)F)C(F)(F)C(F)(F)F. The molecule has 0 rings (SSSR count). The molecule has 0 spiro atoms. The van der Waals surface area contributed by atoms with Gasteiger partial charge in [0.15, 0.2) is 0 Å². The van der Waals surface area contributed by atoms with Gasteiger partial charge in [-0.25, -0.2) is 4.39 Å². The minimum atomic E-state index is -6.60. The van der Waals surface area contributed by atoms with E-state index in [4.69, 9.17) is 0 Å². The van der Waals surface area contributed by atoms with Gasteiger partial charge in [0.2, 0.25) is 0 Å². The van der Waals surface area contributed by atoms with Gasteiger partial charge in [0.05, 0.1) is 0 Å². The lowest BCUT2D eigenvalue weighted by atomic mass is 9.89. The molecule has 0 fully saturated rings. The second-order valence-electron chi connectivity index (χ2n) is 5.60. The molecule has 0 saturated heterocycles. The van der Waals surface area contributed by atoms with Crippen LogP contribution < -0.4 is 0 Å². The average molecular weight is 360 g/mol. The fourth-order valence-corrected chi connectivity index (χ4v) is 2.20. The van der Waals surface area contributed by atoms with Crippen molar-refractivity contribution in [3.63, 3.8) is 0 Å². The first-order chi connectivity index (χ1) is 10.3. The maximum atomic E-state index is 13.7. The third-order valence-corrected chi connectivity index (χ3v) is 3.68. The Balaban J connectivity index is 4.61. The first kappa shape index (κ1) is 22.4. The van der Waals surface area contributed by atoms with Gasteiger partial charge in [-0.15, -0.1) is 0 Å². The normalized spacial score (nSPS) is 16.4. The van der Waals surface area contributed by atoms with E-state index in [9.17, 15) is 39.5 Å². The monoisotopic (exact) mass is 360 g/mol. The molecule has 0 amide bonds. The lowest BCUT2D eigenvalue weighted by Gasteiger charge is -2.35. The van der Waals surface area contributed by atoms with Gasteiger partial charge in [0.1, 0.15) is 0 Å². The summed E-state index contributed by atoms with van der Waals surface area (Å²) < 4.78 is 113. The summed E-state index contributed by atoms with van der Waals surface area (Å²) in [5, 5.41) is 0. The second kappa shape index (κ2) is 8.46. The Morgan fingerprint density at radius 2 is 0.913 bits per heavy atom. The molecule has 0 aromatic rings. The van der Waals surface area contributed by atoms with Gasteiger partial charge in [0.25, 0.3) is 5.67 Å². The zero-order valence-corrected chi connectivity index (χ0v) is 12.8. The van der Waals surface area contributed by atoms with Crippen molar-refractivity contribution in [2.45, 2.75) is 88.7 Å². The maximum Gasteiger partial charge on any atom is 0.457 e. The fraction of sp³-hybridized carbons (Fsp3) is 1.00. The zero-order chi connectivity index (χ0) is 18.4. The zero-order valence-electron chi connectivity index (χ0n) is 12.8. The highest BCUT2D eigenvalue weighted by atomic mass is 19.4. The molecule has 0 aliphatic rings. The minimum absolute atomic E-state index is 0.0260. The van der Waals surface area contributed by atoms with Crippen molar-refractivity contribution in [2.75, 3.05) is 0 Å². The lowest BCUT2D eigenvalue weighted by molar-refractivity contribution is -0.384. The number of hydrogen-bond donors (Lipinski definition) is 0. The molecule has 0 aliphatic carbocycles. The van der Waals surface area contributed by atoms with E-state index in [1.54, 1.807) is 0 Å². The molecular weight excluding hydrogens is 339 g/mol. The van der Waals surface area contributed by atoms with Gasteiger partial charge < -0.3 is 0 Å². The maximum absolute atomic E-state index is 13.7. The number of halogens is 9. The van der Waals surface area contributed by atoms with Crippen molar-refractivity contribution >= 4 is 0 Å². The molecule has 0 heterocycles. The Morgan fingerprint density at radius 1 is 0.522 bits per heavy atom. The van der Waals surface area contributed by atoms with E-state index in [1.165, 1.54) is 0 Å². The third kappa shape index (κ3) is 5.74. The molecule has 23 heavy (non-hydrogen) atoms. The molecule has 1 unspecified atom stereocenters. The number of rotatable bonds is 10. The molecule has 0 aromatic heterocycles. The Hall–Kier alpha value is -0.630. The van der Waals surface area contributed by atoms with Gasteiger partial charge in [-0.05, 0) is 12.8 Å². The predicted octanol–water partition coefficient (Wildman–Crippen LogP) is 6.99. The summed E-state index contributed by atoms with van der Waals surface area (Å²) in [6.45, 7) is 1.98. The molecule has 1 atom stereocenters. The van der Waals surface area contributed by atoms with Gasteiger partial charge in [-0.2, -0.15) is 35.1 Å². The predicted molar refractivity (Wildman–Crippen MR) is 68.1 cm³/mol. The largest absolute Gasteiger partial charge is 0.457 e. The van der Waals surface area contributed by atoms with Crippen LogP contribution in [0.15, 0.2) is 0 Å². The molecule has 0 nitrogen and oxygen atoms in total. The highest BCUT2D eigenvalue weighted by Crippen LogP contribution is 2.54. The van der Waals surface area contributed by atoms with Crippen LogP contribution in [0, 0.1) is 0 Å². The first-order valence-electron chi connectivity index (χ1n) is 7.51. The van der Waals surface area contributed by atoms with Crippen molar-refractivity contribution in [1.29, 1.82) is 0 Å². The Morgan fingerprint density at radius 3 is 1.26 bits per heavy atom. The van der Waals surface area contributed by atoms with E-state index >= 15 is 0 Å². The van der Waals surface area contributed by atoms with E-state index in [2.05, 4.69) is 0 Å². The van der Waals surface area contributed by atoms with Gasteiger partial charge in [0, 0.05) is 0 Å². The van der Waals surface area contributed by atoms with Crippen molar-refractivity contribution < 1.29 is 39.5 Å². The number of hydrogen-bond acceptors (Lipinski definition) is 0. The van der Waals surface area contributed by atoms with Crippen LogP contribution in [0.2, 0.25) is 0 Å². The number of alkyl halides is 9. The van der Waals surface area contributed by atoms with Crippen LogP contribution in [0.3, 0.4) is 0 Å². The summed E-state index contributed by atoms with van der Waals surface area (Å²) in [7, 11) is 0. The lowest BCUT2D eigenvalue weighted by Crippen LogP contribution is -2.62. The van der Waals surface area contributed by atoms with Gasteiger partial charge in [-0.1, -0.05) is 51.9 Å². The van der Waals surface area contributed by atoms with Crippen LogP contribution in [0.25, 0.3) is 0 Å². The van der Waals surface area contributed by atoms with Gasteiger partial charge in [-0.3, -0.25) is 0 Å². The van der Waals surface area contributed by atoms with Crippen molar-refractivity contribution in [3.8, 4) is 0 Å². The van der Waals surface area contributed by atoms with E-state index in [0.717, 1.165) is 25.7 Å². The quantitative estimate of drug-likeness (QED) is 0.291. The van der Waals surface area contributed by atoms with Crippen LogP contribution in [0.4, 0.5) is 39.5 Å². The van der Waals surface area contributed by atoms with Crippen LogP contribution in [-0.2, 0) is 0 Å². The van der Waals surface area contributed by atoms with E-state index in [0.29, 0.717) is 12.8 Å². The molecular formula is C14H21F9. The number of unbranched alkanes of at least 4 members (excludes halogenated alkanes) is 7. The van der Waals surface area contributed by atoms with Crippen LogP contribution >= 0.6 is 0 Å². The molecule has 9 heteroatoms. The summed E-state index contributed by atoms with van der Waals surface area (Å²) >= 11 is 0. The highest BCUT2D eigenvalue weighted by Gasteiger charge is 2.80. The average Bonchev–Trinajstić information content (AvgIpc) is 2.38. The third-order valence-electron chi connectivity index (χ3n) is 3.68. The molecule has 0 radical (unpaired) electrons. The summed E-state index contributed by atoms with van der Waals surface area (Å²) in [4.78, 5) is 0. The molecule has 0 aliphatic heterocycles. The Bertz CT molecular complexity index is 332. The summed E-state index contributed by atoms with van der Waals surface area (Å²) in [5.74, 6) is -6.47. The van der Waals surface area contributed by atoms with E-state index < -0.39 is 36.8 Å². The fourth-order valence-electron chi connectivity index (χ4n) is 2.20. The summed E-state index contributed by atoms with van der Waals surface area (Å²) in [5.41, 5.74) is -5.60. The molecule has 0 aromatic carbocycles. The second-order valence-corrected chi connectivity index (χ2v) is 5.60. The molecule has 140 valence electrons. The van der Waals surface area contributed by atoms with Crippen molar-refractivity contribution in [2.24, 2.45) is 0 Å². The van der Waals surface area contributed by atoms with Crippen LogP contribution in [-0.4, -0.2) is 23.9 Å². The van der Waals surface area contributed by atoms with E-state index in [-0.39, 0.29) is 6.42 Å². The van der Waals surface area contributed by atoms with Crippen molar-refractivity contribution in [1.82, 2.24) is 0 Å². The smallest absolute Gasteiger partial charge is 0.227 e. The standard InChI is InChI=1S/C14H21F9/c1-2-3-4-5-6-7-8-9-10-11(15,13(18,19)20)12(16,17)14(21,22)23/h2-10H2,1H3. The topological polar surface area (TPSA) is 0 Å². The van der Waals surface area contributed by atoms with Gasteiger partial charge >= 0.3 is 18.3 Å². The highest BCUT2D eigenvalue weighted by molar-refractivity contribution is 5.03. The van der Waals surface area contributed by atoms with Crippen molar-refractivity contribution in [3.05, 3.63) is 0 Å². The Kier molecular flexibility index (Phi) is 8.23. The minimum Gasteiger partial charge on any atom is -0.227 e. The first-order valence-corrected chi connectivity index (χ1v) is 7.51.